The molecule has 1 aromatic rings. The van der Waals surface area contributed by atoms with Gasteiger partial charge >= 0.3 is 0 Å². The number of hydrogen-bond acceptors (Lipinski definition) is 2. The highest BCUT2D eigenvalue weighted by atomic mass is 35.5. The number of alkyl halides is 3. The van der Waals surface area contributed by atoms with Gasteiger partial charge in [0.1, 0.15) is 0 Å². The third-order valence-electron chi connectivity index (χ3n) is 1.91. The maximum atomic E-state index is 13.0. The monoisotopic (exact) mass is 252 g/mol. The quantitative estimate of drug-likeness (QED) is 0.819. The van der Waals surface area contributed by atoms with E-state index < -0.39 is 18.3 Å². The Bertz CT molecular complexity index is 358. The Hall–Kier alpha value is -0.810. The second-order valence-corrected chi connectivity index (χ2v) is 4.09. The van der Waals surface area contributed by atoms with E-state index in [4.69, 9.17) is 11.6 Å². The van der Waals surface area contributed by atoms with Crippen LogP contribution in [-0.2, 0) is 6.54 Å². The highest BCUT2D eigenvalue weighted by molar-refractivity contribution is 6.31. The van der Waals surface area contributed by atoms with Crippen LogP contribution in [0.4, 0.5) is 13.2 Å². The van der Waals surface area contributed by atoms with Crippen molar-refractivity contribution in [3.05, 3.63) is 28.5 Å². The van der Waals surface area contributed by atoms with Crippen molar-refractivity contribution >= 4 is 11.6 Å². The molecule has 6 heteroatoms. The summed E-state index contributed by atoms with van der Waals surface area (Å²) in [7, 11) is 3.69. The summed E-state index contributed by atoms with van der Waals surface area (Å²) in [4.78, 5) is 5.51. The van der Waals surface area contributed by atoms with Gasteiger partial charge in [-0.2, -0.15) is 0 Å². The molecule has 0 N–H and O–H groups in total. The van der Waals surface area contributed by atoms with Crippen LogP contribution in [0.5, 0.6) is 0 Å². The van der Waals surface area contributed by atoms with E-state index in [1.54, 1.807) is 0 Å². The van der Waals surface area contributed by atoms with E-state index in [1.165, 1.54) is 12.3 Å². The smallest absolute Gasteiger partial charge is 0.275 e. The van der Waals surface area contributed by atoms with Crippen molar-refractivity contribution in [2.75, 3.05) is 14.1 Å². The molecule has 0 saturated carbocycles. The predicted molar refractivity (Wildman–Crippen MR) is 56.5 cm³/mol. The summed E-state index contributed by atoms with van der Waals surface area (Å²) in [5.74, 6) is 0. The van der Waals surface area contributed by atoms with Gasteiger partial charge in [-0.3, -0.25) is 4.98 Å². The summed E-state index contributed by atoms with van der Waals surface area (Å²) in [6.07, 6.45) is -4.18. The molecule has 0 radical (unpaired) electrons. The third-order valence-corrected chi connectivity index (χ3v) is 2.21. The van der Waals surface area contributed by atoms with Gasteiger partial charge in [-0.15, -0.1) is 0 Å². The highest BCUT2D eigenvalue weighted by Crippen LogP contribution is 2.29. The zero-order chi connectivity index (χ0) is 12.3. The Balaban J connectivity index is 2.91. The Kier molecular flexibility index (Phi) is 4.56. The average molecular weight is 253 g/mol. The molecule has 0 aliphatic rings. The van der Waals surface area contributed by atoms with E-state index in [2.05, 4.69) is 4.98 Å². The zero-order valence-corrected chi connectivity index (χ0v) is 9.68. The van der Waals surface area contributed by atoms with Crippen LogP contribution in [0.15, 0.2) is 12.3 Å². The molecule has 1 aromatic heterocycles. The summed E-state index contributed by atoms with van der Waals surface area (Å²) in [5.41, 5.74) is 0.347. The lowest BCUT2D eigenvalue weighted by molar-refractivity contribution is 0.0473. The number of pyridine rings is 1. The van der Waals surface area contributed by atoms with Crippen LogP contribution in [0, 0.1) is 0 Å². The van der Waals surface area contributed by atoms with Gasteiger partial charge in [0.05, 0.1) is 10.7 Å². The molecule has 1 heterocycles. The Morgan fingerprint density at radius 2 is 2.00 bits per heavy atom. The second kappa shape index (κ2) is 5.50. The van der Waals surface area contributed by atoms with Crippen molar-refractivity contribution in [1.82, 2.24) is 9.88 Å². The number of rotatable bonds is 4. The lowest BCUT2D eigenvalue weighted by atomic mass is 10.2. The maximum absolute atomic E-state index is 13.0. The van der Waals surface area contributed by atoms with Crippen molar-refractivity contribution in [3.63, 3.8) is 0 Å². The summed E-state index contributed by atoms with van der Waals surface area (Å²) in [5, 5.41) is -0.0628. The van der Waals surface area contributed by atoms with E-state index >= 15 is 0 Å². The molecule has 0 fully saturated rings. The van der Waals surface area contributed by atoms with E-state index in [0.717, 1.165) is 5.56 Å². The van der Waals surface area contributed by atoms with Crippen LogP contribution in [0.2, 0.25) is 5.02 Å². The van der Waals surface area contributed by atoms with Crippen molar-refractivity contribution in [2.24, 2.45) is 0 Å². The summed E-state index contributed by atoms with van der Waals surface area (Å²) >= 11 is 5.70. The summed E-state index contributed by atoms with van der Waals surface area (Å²) in [6, 6.07) is 1.46. The van der Waals surface area contributed by atoms with Crippen molar-refractivity contribution in [2.45, 2.75) is 19.1 Å². The van der Waals surface area contributed by atoms with Gasteiger partial charge in [-0.25, -0.2) is 13.2 Å². The lowest BCUT2D eigenvalue weighted by Gasteiger charge is -2.12. The lowest BCUT2D eigenvalue weighted by Crippen LogP contribution is -2.12. The first-order valence-electron chi connectivity index (χ1n) is 4.63. The van der Waals surface area contributed by atoms with Gasteiger partial charge in [-0.05, 0) is 25.7 Å². The van der Waals surface area contributed by atoms with E-state index in [-0.39, 0.29) is 5.02 Å². The highest BCUT2D eigenvalue weighted by Gasteiger charge is 2.25. The van der Waals surface area contributed by atoms with E-state index in [9.17, 15) is 13.2 Å². The molecule has 0 saturated heterocycles. The molecule has 0 unspecified atom stereocenters. The molecule has 1 atom stereocenters. The standard InChI is InChI=1S/C10H12ClF3N2/c1-16(2)5-6-3-7(11)9(15-4-6)8(12)10(13)14/h3-4,8,10H,5H2,1-2H3/t8-/m1/s1. The fraction of sp³-hybridized carbons (Fsp3) is 0.500. The molecule has 16 heavy (non-hydrogen) atoms. The molecule has 0 aliphatic carbocycles. The van der Waals surface area contributed by atoms with Crippen molar-refractivity contribution < 1.29 is 13.2 Å². The minimum atomic E-state index is -3.11. The molecule has 0 spiro atoms. The first-order valence-corrected chi connectivity index (χ1v) is 5.01. The fourth-order valence-corrected chi connectivity index (χ4v) is 1.56. The van der Waals surface area contributed by atoms with Crippen molar-refractivity contribution in [1.29, 1.82) is 0 Å². The van der Waals surface area contributed by atoms with E-state index in [1.807, 2.05) is 19.0 Å². The normalized spacial score (nSPS) is 13.5. The zero-order valence-electron chi connectivity index (χ0n) is 8.92. The fourth-order valence-electron chi connectivity index (χ4n) is 1.26. The molecule has 2 nitrogen and oxygen atoms in total. The predicted octanol–water partition coefficient (Wildman–Crippen LogP) is 3.07. The van der Waals surface area contributed by atoms with Crippen molar-refractivity contribution in [3.8, 4) is 0 Å². The van der Waals surface area contributed by atoms with Crippen LogP contribution in [0.1, 0.15) is 17.4 Å². The number of aromatic nitrogens is 1. The Morgan fingerprint density at radius 1 is 1.38 bits per heavy atom. The van der Waals surface area contributed by atoms with Gasteiger partial charge in [0.25, 0.3) is 6.43 Å². The first kappa shape index (κ1) is 13.3. The molecule has 90 valence electrons. The molecule has 0 aliphatic heterocycles. The van der Waals surface area contributed by atoms with Crippen LogP contribution in [-0.4, -0.2) is 30.4 Å². The SMILES string of the molecule is CN(C)Cc1cnc([C@@H](F)C(F)F)c(Cl)c1. The minimum Gasteiger partial charge on any atom is -0.305 e. The number of hydrogen-bond donors (Lipinski definition) is 0. The third kappa shape index (κ3) is 3.35. The van der Waals surface area contributed by atoms with Crippen LogP contribution >= 0.6 is 11.6 Å². The van der Waals surface area contributed by atoms with Gasteiger partial charge < -0.3 is 4.90 Å². The topological polar surface area (TPSA) is 16.1 Å². The average Bonchev–Trinajstić information content (AvgIpc) is 2.15. The number of halogens is 4. The molecular weight excluding hydrogens is 241 g/mol. The van der Waals surface area contributed by atoms with E-state index in [0.29, 0.717) is 6.54 Å². The Morgan fingerprint density at radius 3 is 2.44 bits per heavy atom. The largest absolute Gasteiger partial charge is 0.305 e. The number of nitrogens with zero attached hydrogens (tertiary/aromatic N) is 2. The summed E-state index contributed by atoms with van der Waals surface area (Å²) < 4.78 is 37.3. The van der Waals surface area contributed by atoms with Gasteiger partial charge in [0, 0.05) is 12.7 Å². The molecule has 1 rings (SSSR count). The summed E-state index contributed by atoms with van der Waals surface area (Å²) in [6.45, 7) is 0.568. The molecular formula is C10H12ClF3N2. The van der Waals surface area contributed by atoms with Crippen LogP contribution < -0.4 is 0 Å². The van der Waals surface area contributed by atoms with Crippen LogP contribution in [0.3, 0.4) is 0 Å². The minimum absolute atomic E-state index is 0.0628. The molecule has 0 amide bonds. The maximum Gasteiger partial charge on any atom is 0.275 e. The van der Waals surface area contributed by atoms with Gasteiger partial charge in [0.2, 0.25) is 6.17 Å². The van der Waals surface area contributed by atoms with Crippen LogP contribution in [0.25, 0.3) is 0 Å². The van der Waals surface area contributed by atoms with Gasteiger partial charge in [-0.1, -0.05) is 11.6 Å². The molecule has 0 bridgehead atoms. The second-order valence-electron chi connectivity index (χ2n) is 3.68. The van der Waals surface area contributed by atoms with Gasteiger partial charge in [0.15, 0.2) is 0 Å². The first-order chi connectivity index (χ1) is 7.41. The molecule has 0 aromatic carbocycles. The Labute approximate surface area is 97.0 Å².